The van der Waals surface area contributed by atoms with E-state index in [1.54, 1.807) is 17.0 Å². The number of likely N-dealkylation sites (tertiary alicyclic amines) is 1. The summed E-state index contributed by atoms with van der Waals surface area (Å²) >= 11 is 0. The first-order valence-corrected chi connectivity index (χ1v) is 11.7. The number of rotatable bonds is 8. The molecular weight excluding hydrogens is 458 g/mol. The van der Waals surface area contributed by atoms with E-state index >= 15 is 0 Å². The number of esters is 2. The van der Waals surface area contributed by atoms with Gasteiger partial charge in [0.2, 0.25) is 5.91 Å². The highest BCUT2D eigenvalue weighted by Gasteiger charge is 2.38. The maximum atomic E-state index is 12.6. The Labute approximate surface area is 209 Å². The molecular formula is C29H27NO6. The van der Waals surface area contributed by atoms with Crippen molar-refractivity contribution in [1.82, 2.24) is 4.90 Å². The molecule has 7 heteroatoms. The summed E-state index contributed by atoms with van der Waals surface area (Å²) in [5.74, 6) is -1.88. The van der Waals surface area contributed by atoms with Crippen LogP contribution in [0.2, 0.25) is 0 Å². The molecule has 0 bridgehead atoms. The van der Waals surface area contributed by atoms with E-state index in [2.05, 4.69) is 0 Å². The van der Waals surface area contributed by atoms with Gasteiger partial charge in [-0.2, -0.15) is 0 Å². The van der Waals surface area contributed by atoms with Gasteiger partial charge in [-0.25, -0.2) is 4.79 Å². The van der Waals surface area contributed by atoms with Gasteiger partial charge in [0.05, 0.1) is 17.5 Å². The predicted molar refractivity (Wildman–Crippen MR) is 133 cm³/mol. The first-order chi connectivity index (χ1) is 17.3. The molecule has 1 aliphatic rings. The third-order valence-electron chi connectivity index (χ3n) is 6.26. The van der Waals surface area contributed by atoms with Gasteiger partial charge in [-0.1, -0.05) is 48.0 Å². The van der Waals surface area contributed by atoms with Crippen LogP contribution in [-0.2, 0) is 14.3 Å². The number of amides is 1. The van der Waals surface area contributed by atoms with E-state index in [9.17, 15) is 19.2 Å². The van der Waals surface area contributed by atoms with Crippen LogP contribution in [-0.4, -0.2) is 41.7 Å². The summed E-state index contributed by atoms with van der Waals surface area (Å²) in [4.78, 5) is 51.5. The zero-order valence-corrected chi connectivity index (χ0v) is 20.2. The van der Waals surface area contributed by atoms with Crippen LogP contribution < -0.4 is 4.74 Å². The second kappa shape index (κ2) is 11.0. The average Bonchev–Trinajstić information content (AvgIpc) is 3.29. The van der Waals surface area contributed by atoms with Crippen molar-refractivity contribution < 1.29 is 28.7 Å². The van der Waals surface area contributed by atoms with E-state index in [0.717, 1.165) is 11.1 Å². The van der Waals surface area contributed by atoms with E-state index in [4.69, 9.17) is 9.47 Å². The fraction of sp³-hybridized carbons (Fsp3) is 0.241. The number of benzene rings is 3. The van der Waals surface area contributed by atoms with Crippen LogP contribution >= 0.6 is 0 Å². The molecule has 1 amide bonds. The van der Waals surface area contributed by atoms with E-state index in [-0.39, 0.29) is 24.9 Å². The molecule has 0 aliphatic carbocycles. The standard InChI is InChI=1S/C29H27NO6/c1-19-8-10-23(11-9-19)29(34)36-25-14-12-22(13-15-25)26(31)18-35-28(33)24-16-27(32)30(17-24)20(2)21-6-4-3-5-7-21/h3-15,20,24H,16-18H2,1-2H3/t20-,24-/m1/s1. The van der Waals surface area contributed by atoms with E-state index in [1.165, 1.54) is 24.3 Å². The smallest absolute Gasteiger partial charge is 0.343 e. The Morgan fingerprint density at radius 2 is 1.56 bits per heavy atom. The van der Waals surface area contributed by atoms with Crippen LogP contribution in [0, 0.1) is 12.8 Å². The zero-order valence-electron chi connectivity index (χ0n) is 20.2. The fourth-order valence-corrected chi connectivity index (χ4v) is 4.08. The molecule has 4 rings (SSSR count). The monoisotopic (exact) mass is 485 g/mol. The maximum Gasteiger partial charge on any atom is 0.343 e. The summed E-state index contributed by atoms with van der Waals surface area (Å²) in [6.07, 6.45) is 0.0608. The Morgan fingerprint density at radius 1 is 0.917 bits per heavy atom. The number of ketones is 1. The van der Waals surface area contributed by atoms with Crippen LogP contribution in [0.15, 0.2) is 78.9 Å². The number of carbonyl (C=O) groups is 4. The Kier molecular flexibility index (Phi) is 7.59. The van der Waals surface area contributed by atoms with Gasteiger partial charge in [-0.15, -0.1) is 0 Å². The van der Waals surface area contributed by atoms with Crippen molar-refractivity contribution in [1.29, 1.82) is 0 Å². The highest BCUT2D eigenvalue weighted by atomic mass is 16.5. The van der Waals surface area contributed by atoms with Gasteiger partial charge in [0.25, 0.3) is 0 Å². The number of hydrogen-bond acceptors (Lipinski definition) is 6. The van der Waals surface area contributed by atoms with E-state index in [1.807, 2.05) is 56.3 Å². The molecule has 36 heavy (non-hydrogen) atoms. The topological polar surface area (TPSA) is 90.0 Å². The molecule has 1 fully saturated rings. The van der Waals surface area contributed by atoms with Gasteiger partial charge in [0.15, 0.2) is 12.4 Å². The summed E-state index contributed by atoms with van der Waals surface area (Å²) in [7, 11) is 0. The number of carbonyl (C=O) groups excluding carboxylic acids is 4. The molecule has 3 aromatic rings. The van der Waals surface area contributed by atoms with Crippen molar-refractivity contribution in [2.24, 2.45) is 5.92 Å². The zero-order chi connectivity index (χ0) is 25.7. The van der Waals surface area contributed by atoms with Gasteiger partial charge >= 0.3 is 11.9 Å². The molecule has 7 nitrogen and oxygen atoms in total. The maximum absolute atomic E-state index is 12.6. The third kappa shape index (κ3) is 5.86. The lowest BCUT2D eigenvalue weighted by molar-refractivity contribution is -0.147. The SMILES string of the molecule is Cc1ccc(C(=O)Oc2ccc(C(=O)COC(=O)[C@@H]3CC(=O)N([C@H](C)c4ccccc4)C3)cc2)cc1. The molecule has 0 radical (unpaired) electrons. The largest absolute Gasteiger partial charge is 0.457 e. The van der Waals surface area contributed by atoms with Crippen molar-refractivity contribution in [3.63, 3.8) is 0 Å². The second-order valence-corrected chi connectivity index (χ2v) is 8.84. The minimum absolute atomic E-state index is 0.0608. The Balaban J connectivity index is 1.28. The van der Waals surface area contributed by atoms with Crippen molar-refractivity contribution in [2.75, 3.05) is 13.2 Å². The van der Waals surface area contributed by atoms with Gasteiger partial charge in [-0.3, -0.25) is 14.4 Å². The van der Waals surface area contributed by atoms with Crippen LogP contribution in [0.1, 0.15) is 51.2 Å². The molecule has 0 N–H and O–H groups in total. The molecule has 0 saturated carbocycles. The Morgan fingerprint density at radius 3 is 2.22 bits per heavy atom. The summed E-state index contributed by atoms with van der Waals surface area (Å²) < 4.78 is 10.6. The van der Waals surface area contributed by atoms with Gasteiger partial charge in [0, 0.05) is 18.5 Å². The minimum Gasteiger partial charge on any atom is -0.457 e. The third-order valence-corrected chi connectivity index (χ3v) is 6.26. The Hall–Kier alpha value is -4.26. The first-order valence-electron chi connectivity index (χ1n) is 11.7. The molecule has 1 heterocycles. The van der Waals surface area contributed by atoms with E-state index in [0.29, 0.717) is 16.9 Å². The summed E-state index contributed by atoms with van der Waals surface area (Å²) in [5, 5.41) is 0. The average molecular weight is 486 g/mol. The number of hydrogen-bond donors (Lipinski definition) is 0. The lowest BCUT2D eigenvalue weighted by Crippen LogP contribution is -2.30. The lowest BCUT2D eigenvalue weighted by atomic mass is 10.1. The molecule has 0 spiro atoms. The quantitative estimate of drug-likeness (QED) is 0.264. The summed E-state index contributed by atoms with van der Waals surface area (Å²) in [6.45, 7) is 3.67. The highest BCUT2D eigenvalue weighted by Crippen LogP contribution is 2.29. The van der Waals surface area contributed by atoms with Crippen LogP contribution in [0.25, 0.3) is 0 Å². The predicted octanol–water partition coefficient (Wildman–Crippen LogP) is 4.55. The van der Waals surface area contributed by atoms with Gasteiger partial charge in [0.1, 0.15) is 5.75 Å². The van der Waals surface area contributed by atoms with Crippen LogP contribution in [0.5, 0.6) is 5.75 Å². The number of ether oxygens (including phenoxy) is 2. The Bertz CT molecular complexity index is 1250. The van der Waals surface area contributed by atoms with Crippen molar-refractivity contribution >= 4 is 23.6 Å². The number of Topliss-reactive ketones (excluding diaryl/α,β-unsaturated/α-hetero) is 1. The molecule has 0 aromatic heterocycles. The van der Waals surface area contributed by atoms with Crippen molar-refractivity contribution in [2.45, 2.75) is 26.3 Å². The van der Waals surface area contributed by atoms with Gasteiger partial charge < -0.3 is 14.4 Å². The highest BCUT2D eigenvalue weighted by molar-refractivity contribution is 5.98. The summed E-state index contributed by atoms with van der Waals surface area (Å²) in [5.41, 5.74) is 2.77. The van der Waals surface area contributed by atoms with Crippen LogP contribution in [0.3, 0.4) is 0 Å². The van der Waals surface area contributed by atoms with E-state index < -0.39 is 30.2 Å². The summed E-state index contributed by atoms with van der Waals surface area (Å²) in [6, 6.07) is 22.5. The number of nitrogens with zero attached hydrogens (tertiary/aromatic N) is 1. The minimum atomic E-state index is -0.611. The molecule has 1 saturated heterocycles. The fourth-order valence-electron chi connectivity index (χ4n) is 4.08. The van der Waals surface area contributed by atoms with Gasteiger partial charge in [-0.05, 0) is 55.8 Å². The second-order valence-electron chi connectivity index (χ2n) is 8.84. The van der Waals surface area contributed by atoms with Crippen molar-refractivity contribution in [3.05, 3.63) is 101 Å². The lowest BCUT2D eigenvalue weighted by Gasteiger charge is -2.25. The van der Waals surface area contributed by atoms with Crippen LogP contribution in [0.4, 0.5) is 0 Å². The van der Waals surface area contributed by atoms with Crippen molar-refractivity contribution in [3.8, 4) is 5.75 Å². The normalized spacial score (nSPS) is 15.9. The molecule has 184 valence electrons. The molecule has 0 unspecified atom stereocenters. The number of aryl methyl sites for hydroxylation is 1. The molecule has 1 aliphatic heterocycles. The first kappa shape index (κ1) is 24.9. The molecule has 3 aromatic carbocycles. The molecule has 2 atom stereocenters.